The fraction of sp³-hybridized carbons (Fsp3) is 0.429. The van der Waals surface area contributed by atoms with Crippen molar-refractivity contribution in [3.05, 3.63) is 17.5 Å². The molecule has 1 fully saturated rings. The number of carboxylic acid groups (broad SMARTS) is 1. The van der Waals surface area contributed by atoms with Gasteiger partial charge in [-0.25, -0.2) is 0 Å². The zero-order valence-corrected chi connectivity index (χ0v) is 5.74. The van der Waals surface area contributed by atoms with Crippen LogP contribution in [0.25, 0.3) is 0 Å². The van der Waals surface area contributed by atoms with Crippen LogP contribution in [0.5, 0.6) is 0 Å². The van der Waals surface area contributed by atoms with Crippen molar-refractivity contribution >= 4 is 5.97 Å². The predicted molar refractivity (Wildman–Crippen MR) is 32.8 cm³/mol. The van der Waals surface area contributed by atoms with Crippen LogP contribution >= 0.6 is 0 Å². The van der Waals surface area contributed by atoms with Gasteiger partial charge in [0.25, 0.3) is 0 Å². The van der Waals surface area contributed by atoms with Crippen LogP contribution in [0.1, 0.15) is 35.0 Å². The number of nitrogens with zero attached hydrogens (tertiary/aromatic N) is 1. The van der Waals surface area contributed by atoms with Crippen LogP contribution in [0.3, 0.4) is 0 Å². The molecule has 0 spiro atoms. The van der Waals surface area contributed by atoms with Gasteiger partial charge < -0.3 is 14.4 Å². The molecule has 0 amide bonds. The van der Waals surface area contributed by atoms with Gasteiger partial charge in [0, 0.05) is 12.0 Å². The Hall–Kier alpha value is -1.32. The lowest BCUT2D eigenvalue weighted by Crippen LogP contribution is -2.22. The quantitative estimate of drug-likeness (QED) is 0.594. The van der Waals surface area contributed by atoms with Gasteiger partial charge in [-0.1, -0.05) is 5.16 Å². The second kappa shape index (κ2) is 2.08. The normalized spacial score (nSPS) is 16.7. The molecule has 1 aromatic heterocycles. The van der Waals surface area contributed by atoms with Crippen molar-refractivity contribution < 1.29 is 14.4 Å². The van der Waals surface area contributed by atoms with Crippen LogP contribution in [0.2, 0.25) is 0 Å². The van der Waals surface area contributed by atoms with Crippen molar-refractivity contribution in [1.29, 1.82) is 0 Å². The minimum atomic E-state index is -1.28. The maximum Gasteiger partial charge on any atom is 0.140 e. The average molecular weight is 152 g/mol. The Morgan fingerprint density at radius 3 is 2.91 bits per heavy atom. The molecule has 4 nitrogen and oxygen atoms in total. The molecule has 0 atom stereocenters. The van der Waals surface area contributed by atoms with Gasteiger partial charge in [-0.3, -0.25) is 0 Å². The Morgan fingerprint density at radius 1 is 1.73 bits per heavy atom. The largest absolute Gasteiger partial charge is 0.543 e. The minimum Gasteiger partial charge on any atom is -0.543 e. The summed E-state index contributed by atoms with van der Waals surface area (Å²) in [4.78, 5) is 10.2. The summed E-state index contributed by atoms with van der Waals surface area (Å²) in [6.45, 7) is 0. The van der Waals surface area contributed by atoms with Crippen molar-refractivity contribution in [2.45, 2.75) is 18.8 Å². The van der Waals surface area contributed by atoms with E-state index in [1.165, 1.54) is 6.07 Å². The lowest BCUT2D eigenvalue weighted by molar-refractivity contribution is -0.255. The lowest BCUT2D eigenvalue weighted by Gasteiger charge is -1.89. The molecule has 0 unspecified atom stereocenters. The van der Waals surface area contributed by atoms with Crippen molar-refractivity contribution in [3.63, 3.8) is 0 Å². The van der Waals surface area contributed by atoms with Crippen LogP contribution in [0.4, 0.5) is 0 Å². The molecule has 0 radical (unpaired) electrons. The van der Waals surface area contributed by atoms with Gasteiger partial charge in [0.15, 0.2) is 0 Å². The first kappa shape index (κ1) is 6.39. The molecule has 1 aliphatic carbocycles. The molecule has 11 heavy (non-hydrogen) atoms. The summed E-state index contributed by atoms with van der Waals surface area (Å²) < 4.78 is 4.78. The number of carbonyl (C=O) groups excluding carboxylic acids is 1. The molecule has 0 saturated heterocycles. The van der Waals surface area contributed by atoms with Crippen LogP contribution < -0.4 is 5.11 Å². The molecule has 1 heterocycles. The number of carbonyl (C=O) groups is 1. The topological polar surface area (TPSA) is 66.2 Å². The van der Waals surface area contributed by atoms with Crippen molar-refractivity contribution in [2.24, 2.45) is 0 Å². The molecule has 2 rings (SSSR count). The van der Waals surface area contributed by atoms with E-state index < -0.39 is 5.97 Å². The van der Waals surface area contributed by atoms with Gasteiger partial charge in [0.1, 0.15) is 11.5 Å². The number of rotatable bonds is 2. The van der Waals surface area contributed by atoms with Crippen LogP contribution in [0.15, 0.2) is 10.6 Å². The van der Waals surface area contributed by atoms with E-state index in [4.69, 9.17) is 4.52 Å². The number of aromatic carboxylic acids is 1. The molecule has 0 aromatic carbocycles. The van der Waals surface area contributed by atoms with Crippen LogP contribution in [-0.4, -0.2) is 11.1 Å². The standard InChI is InChI=1S/C7H7NO3/c9-7(10)5-3-6(11-8-5)4-1-2-4/h3-4H,1-2H2,(H,9,10)/p-1. The van der Waals surface area contributed by atoms with Crippen molar-refractivity contribution in [1.82, 2.24) is 5.16 Å². The summed E-state index contributed by atoms with van der Waals surface area (Å²) in [5.41, 5.74) is -0.105. The van der Waals surface area contributed by atoms with E-state index in [1.54, 1.807) is 0 Å². The van der Waals surface area contributed by atoms with Gasteiger partial charge in [0.05, 0.1) is 5.97 Å². The summed E-state index contributed by atoms with van der Waals surface area (Å²) in [6.07, 6.45) is 2.14. The highest BCUT2D eigenvalue weighted by molar-refractivity contribution is 5.83. The highest BCUT2D eigenvalue weighted by Gasteiger charge is 2.27. The highest BCUT2D eigenvalue weighted by atomic mass is 16.5. The molecule has 0 N–H and O–H groups in total. The maximum absolute atomic E-state index is 10.2. The molecule has 1 aromatic rings. The second-order valence-corrected chi connectivity index (χ2v) is 2.68. The Bertz CT molecular complexity index is 288. The van der Waals surface area contributed by atoms with Gasteiger partial charge in [-0.05, 0) is 12.8 Å². The maximum atomic E-state index is 10.2. The Kier molecular flexibility index (Phi) is 1.21. The van der Waals surface area contributed by atoms with Crippen molar-refractivity contribution in [3.8, 4) is 0 Å². The Morgan fingerprint density at radius 2 is 2.45 bits per heavy atom. The first-order valence-electron chi connectivity index (χ1n) is 3.45. The molecular formula is C7H6NO3-. The second-order valence-electron chi connectivity index (χ2n) is 2.68. The zero-order valence-electron chi connectivity index (χ0n) is 5.74. The molecule has 58 valence electrons. The van der Waals surface area contributed by atoms with E-state index in [0.29, 0.717) is 11.7 Å². The van der Waals surface area contributed by atoms with E-state index in [2.05, 4.69) is 5.16 Å². The number of carboxylic acids is 1. The molecule has 0 bridgehead atoms. The number of hydrogen-bond acceptors (Lipinski definition) is 4. The minimum absolute atomic E-state index is 0.105. The predicted octanol–water partition coefficient (Wildman–Crippen LogP) is -0.0845. The van der Waals surface area contributed by atoms with Crippen LogP contribution in [-0.2, 0) is 0 Å². The lowest BCUT2D eigenvalue weighted by atomic mass is 10.3. The van der Waals surface area contributed by atoms with Crippen molar-refractivity contribution in [2.75, 3.05) is 0 Å². The summed E-state index contributed by atoms with van der Waals surface area (Å²) in [6, 6.07) is 1.44. The molecular weight excluding hydrogens is 146 g/mol. The average Bonchev–Trinajstić information content (AvgIpc) is 2.68. The fourth-order valence-electron chi connectivity index (χ4n) is 0.946. The molecule has 1 aliphatic rings. The van der Waals surface area contributed by atoms with E-state index in [0.717, 1.165) is 12.8 Å². The molecule has 1 saturated carbocycles. The Labute approximate surface area is 62.8 Å². The van der Waals surface area contributed by atoms with Gasteiger partial charge >= 0.3 is 0 Å². The monoisotopic (exact) mass is 152 g/mol. The highest BCUT2D eigenvalue weighted by Crippen LogP contribution is 2.40. The molecule has 4 heteroatoms. The van der Waals surface area contributed by atoms with Gasteiger partial charge in [0.2, 0.25) is 0 Å². The van der Waals surface area contributed by atoms with E-state index in [9.17, 15) is 9.90 Å². The SMILES string of the molecule is O=C([O-])c1cc(C2CC2)on1. The van der Waals surface area contributed by atoms with Gasteiger partial charge in [-0.15, -0.1) is 0 Å². The summed E-state index contributed by atoms with van der Waals surface area (Å²) >= 11 is 0. The third kappa shape index (κ3) is 1.11. The smallest absolute Gasteiger partial charge is 0.140 e. The zero-order chi connectivity index (χ0) is 7.84. The fourth-order valence-corrected chi connectivity index (χ4v) is 0.946. The first-order chi connectivity index (χ1) is 5.27. The van der Waals surface area contributed by atoms with E-state index in [-0.39, 0.29) is 5.69 Å². The summed E-state index contributed by atoms with van der Waals surface area (Å²) in [5, 5.41) is 13.6. The van der Waals surface area contributed by atoms with Gasteiger partial charge in [-0.2, -0.15) is 0 Å². The first-order valence-corrected chi connectivity index (χ1v) is 3.45. The molecule has 0 aliphatic heterocycles. The van der Waals surface area contributed by atoms with E-state index >= 15 is 0 Å². The van der Waals surface area contributed by atoms with Crippen LogP contribution in [0, 0.1) is 0 Å². The third-order valence-electron chi connectivity index (χ3n) is 1.72. The number of hydrogen-bond donors (Lipinski definition) is 0. The Balaban J connectivity index is 2.25. The van der Waals surface area contributed by atoms with E-state index in [1.807, 2.05) is 0 Å². The number of aromatic nitrogens is 1. The summed E-state index contributed by atoms with van der Waals surface area (Å²) in [7, 11) is 0. The summed E-state index contributed by atoms with van der Waals surface area (Å²) in [5.74, 6) is -0.208. The third-order valence-corrected chi connectivity index (χ3v) is 1.72.